The van der Waals surface area contributed by atoms with Crippen molar-refractivity contribution in [3.05, 3.63) is 33.9 Å². The number of nitro groups is 1. The molecule has 1 atom stereocenters. The third kappa shape index (κ3) is 4.64. The number of likely N-dealkylation sites (N-methyl/N-ethyl adjacent to an activating group) is 2. The van der Waals surface area contributed by atoms with Crippen molar-refractivity contribution in [3.63, 3.8) is 0 Å². The average molecular weight is 333 g/mol. The highest BCUT2D eigenvalue weighted by molar-refractivity contribution is 5.59. The fraction of sp³-hybridized carbons (Fsp3) is 0.562. The summed E-state index contributed by atoms with van der Waals surface area (Å²) in [6.07, 6.45) is -0.529. The van der Waals surface area contributed by atoms with Crippen LogP contribution in [0.4, 0.5) is 11.4 Å². The number of benzene rings is 1. The minimum Gasteiger partial charge on any atom is -0.390 e. The van der Waals surface area contributed by atoms with Gasteiger partial charge in [-0.05, 0) is 19.2 Å². The molecule has 1 aromatic rings. The number of hydrogen-bond donors (Lipinski definition) is 1. The standard InChI is InChI=1S/C16H23N5O3/c1-18-5-7-20(8-6-18)12-15(22)11-19(2)14-3-4-16(21(23)24)13(9-14)10-17/h3-4,9,15,22H,5-8,11-12H2,1-2H3/t15-/m1/s1. The summed E-state index contributed by atoms with van der Waals surface area (Å²) in [6, 6.07) is 6.27. The van der Waals surface area contributed by atoms with Crippen molar-refractivity contribution in [1.29, 1.82) is 5.26 Å². The van der Waals surface area contributed by atoms with E-state index in [1.165, 1.54) is 12.1 Å². The van der Waals surface area contributed by atoms with Gasteiger partial charge in [-0.15, -0.1) is 0 Å². The van der Waals surface area contributed by atoms with Crippen molar-refractivity contribution in [3.8, 4) is 6.07 Å². The zero-order chi connectivity index (χ0) is 17.7. The highest BCUT2D eigenvalue weighted by Gasteiger charge is 2.19. The maximum Gasteiger partial charge on any atom is 0.287 e. The molecule has 130 valence electrons. The van der Waals surface area contributed by atoms with Crippen molar-refractivity contribution < 1.29 is 10.0 Å². The molecule has 0 radical (unpaired) electrons. The number of aliphatic hydroxyl groups is 1. The zero-order valence-electron chi connectivity index (χ0n) is 14.1. The summed E-state index contributed by atoms with van der Waals surface area (Å²) in [5, 5.41) is 30.2. The third-order valence-electron chi connectivity index (χ3n) is 4.29. The van der Waals surface area contributed by atoms with E-state index in [9.17, 15) is 15.2 Å². The van der Waals surface area contributed by atoms with E-state index in [-0.39, 0.29) is 11.3 Å². The molecule has 0 unspecified atom stereocenters. The van der Waals surface area contributed by atoms with E-state index in [0.29, 0.717) is 18.8 Å². The van der Waals surface area contributed by atoms with Gasteiger partial charge in [0.1, 0.15) is 11.6 Å². The van der Waals surface area contributed by atoms with Crippen molar-refractivity contribution in [2.75, 3.05) is 58.3 Å². The van der Waals surface area contributed by atoms with Crippen LogP contribution in [0.5, 0.6) is 0 Å². The van der Waals surface area contributed by atoms with Gasteiger partial charge in [0.15, 0.2) is 0 Å². The highest BCUT2D eigenvalue weighted by atomic mass is 16.6. The second-order valence-electron chi connectivity index (χ2n) is 6.21. The van der Waals surface area contributed by atoms with E-state index >= 15 is 0 Å². The van der Waals surface area contributed by atoms with Crippen LogP contribution in [-0.4, -0.2) is 79.3 Å². The summed E-state index contributed by atoms with van der Waals surface area (Å²) in [7, 11) is 3.89. The Bertz CT molecular complexity index is 623. The quantitative estimate of drug-likeness (QED) is 0.598. The fourth-order valence-electron chi connectivity index (χ4n) is 2.82. The van der Waals surface area contributed by atoms with E-state index in [2.05, 4.69) is 16.8 Å². The number of nitriles is 1. The van der Waals surface area contributed by atoms with E-state index in [1.54, 1.807) is 13.1 Å². The number of piperazine rings is 1. The summed E-state index contributed by atoms with van der Waals surface area (Å²) in [6.45, 7) is 4.86. The number of nitrogens with zero attached hydrogens (tertiary/aromatic N) is 5. The van der Waals surface area contributed by atoms with Gasteiger partial charge in [-0.3, -0.25) is 15.0 Å². The fourth-order valence-corrected chi connectivity index (χ4v) is 2.82. The molecular weight excluding hydrogens is 310 g/mol. The topological polar surface area (TPSA) is 96.9 Å². The lowest BCUT2D eigenvalue weighted by molar-refractivity contribution is -0.385. The van der Waals surface area contributed by atoms with E-state index in [1.807, 2.05) is 11.0 Å². The SMILES string of the molecule is CN1CCN(C[C@H](O)CN(C)c2ccc([N+](=O)[O-])c(C#N)c2)CC1. The lowest BCUT2D eigenvalue weighted by Crippen LogP contribution is -2.48. The Morgan fingerprint density at radius 3 is 2.67 bits per heavy atom. The van der Waals surface area contributed by atoms with Gasteiger partial charge in [0, 0.05) is 58.1 Å². The molecule has 0 saturated carbocycles. The van der Waals surface area contributed by atoms with Gasteiger partial charge in [-0.25, -0.2) is 0 Å². The maximum absolute atomic E-state index is 10.9. The zero-order valence-corrected chi connectivity index (χ0v) is 14.1. The van der Waals surface area contributed by atoms with Gasteiger partial charge in [-0.1, -0.05) is 0 Å². The van der Waals surface area contributed by atoms with Crippen molar-refractivity contribution in [2.24, 2.45) is 0 Å². The van der Waals surface area contributed by atoms with Crippen LogP contribution in [0.3, 0.4) is 0 Å². The second kappa shape index (κ2) is 8.06. The third-order valence-corrected chi connectivity index (χ3v) is 4.29. The molecule has 0 bridgehead atoms. The molecule has 1 aromatic carbocycles. The lowest BCUT2D eigenvalue weighted by Gasteiger charge is -2.34. The molecule has 8 nitrogen and oxygen atoms in total. The first-order valence-electron chi connectivity index (χ1n) is 7.89. The monoisotopic (exact) mass is 333 g/mol. The van der Waals surface area contributed by atoms with Crippen LogP contribution < -0.4 is 4.90 Å². The van der Waals surface area contributed by atoms with Crippen LogP contribution in [0.25, 0.3) is 0 Å². The Hall–Kier alpha value is -2.21. The predicted molar refractivity (Wildman–Crippen MR) is 91.0 cm³/mol. The van der Waals surface area contributed by atoms with Crippen LogP contribution in [0.2, 0.25) is 0 Å². The van der Waals surface area contributed by atoms with E-state index in [0.717, 1.165) is 26.2 Å². The molecule has 1 aliphatic heterocycles. The number of aliphatic hydroxyl groups excluding tert-OH is 1. The number of anilines is 1. The molecular formula is C16H23N5O3. The second-order valence-corrected chi connectivity index (χ2v) is 6.21. The van der Waals surface area contributed by atoms with Crippen molar-refractivity contribution >= 4 is 11.4 Å². The molecule has 8 heteroatoms. The average Bonchev–Trinajstić information content (AvgIpc) is 2.56. The number of β-amino-alcohol motifs (C(OH)–C–C–N with tert-alkyl or cyclic N) is 1. The first-order valence-corrected chi connectivity index (χ1v) is 7.89. The van der Waals surface area contributed by atoms with Gasteiger partial charge in [0.2, 0.25) is 0 Å². The first kappa shape index (κ1) is 18.1. The summed E-state index contributed by atoms with van der Waals surface area (Å²) in [5.41, 5.74) is 0.500. The van der Waals surface area contributed by atoms with Gasteiger partial charge >= 0.3 is 0 Å². The van der Waals surface area contributed by atoms with Crippen molar-refractivity contribution in [1.82, 2.24) is 9.80 Å². The minimum atomic E-state index is -0.565. The number of nitro benzene ring substituents is 1. The molecule has 1 fully saturated rings. The van der Waals surface area contributed by atoms with E-state index in [4.69, 9.17) is 5.26 Å². The molecule has 0 aliphatic carbocycles. The largest absolute Gasteiger partial charge is 0.390 e. The molecule has 0 aromatic heterocycles. The van der Waals surface area contributed by atoms with Crippen LogP contribution in [-0.2, 0) is 0 Å². The van der Waals surface area contributed by atoms with Gasteiger partial charge in [-0.2, -0.15) is 5.26 Å². The summed E-state index contributed by atoms with van der Waals surface area (Å²) < 4.78 is 0. The maximum atomic E-state index is 10.9. The van der Waals surface area contributed by atoms with Crippen molar-refractivity contribution in [2.45, 2.75) is 6.10 Å². The van der Waals surface area contributed by atoms with Gasteiger partial charge < -0.3 is 14.9 Å². The van der Waals surface area contributed by atoms with Gasteiger partial charge in [0.05, 0.1) is 11.0 Å². The molecule has 1 saturated heterocycles. The Labute approximate surface area is 141 Å². The molecule has 24 heavy (non-hydrogen) atoms. The van der Waals surface area contributed by atoms with Crippen LogP contribution in [0.15, 0.2) is 18.2 Å². The Morgan fingerprint density at radius 1 is 1.42 bits per heavy atom. The highest BCUT2D eigenvalue weighted by Crippen LogP contribution is 2.24. The molecule has 0 amide bonds. The van der Waals surface area contributed by atoms with E-state index < -0.39 is 11.0 Å². The number of rotatable bonds is 6. The Kier molecular flexibility index (Phi) is 6.09. The first-order chi connectivity index (χ1) is 11.4. The molecule has 0 spiro atoms. The van der Waals surface area contributed by atoms with Crippen LogP contribution in [0, 0.1) is 21.4 Å². The lowest BCUT2D eigenvalue weighted by atomic mass is 10.1. The van der Waals surface area contributed by atoms with Crippen LogP contribution >= 0.6 is 0 Å². The normalized spacial score (nSPS) is 17.2. The molecule has 1 heterocycles. The molecule has 1 aliphatic rings. The summed E-state index contributed by atoms with van der Waals surface area (Å²) >= 11 is 0. The predicted octanol–water partition coefficient (Wildman–Crippen LogP) is 0.511. The Balaban J connectivity index is 1.95. The Morgan fingerprint density at radius 2 is 2.08 bits per heavy atom. The summed E-state index contributed by atoms with van der Waals surface area (Å²) in [5.74, 6) is 0. The van der Waals surface area contributed by atoms with Gasteiger partial charge in [0.25, 0.3) is 5.69 Å². The molecule has 1 N–H and O–H groups in total. The summed E-state index contributed by atoms with van der Waals surface area (Å²) in [4.78, 5) is 16.6. The molecule has 2 rings (SSSR count). The minimum absolute atomic E-state index is 0.0258. The smallest absolute Gasteiger partial charge is 0.287 e. The number of hydrogen-bond acceptors (Lipinski definition) is 7. The van der Waals surface area contributed by atoms with Crippen LogP contribution in [0.1, 0.15) is 5.56 Å².